The van der Waals surface area contributed by atoms with Crippen molar-refractivity contribution in [2.24, 2.45) is 10.4 Å². The number of guanidine groups is 1. The highest BCUT2D eigenvalue weighted by Gasteiger charge is 2.43. The van der Waals surface area contributed by atoms with E-state index in [1.54, 1.807) is 12.1 Å². The number of benzene rings is 1. The molecule has 1 aliphatic carbocycles. The number of rotatable bonds is 2. The normalized spacial score (nSPS) is 20.1. The van der Waals surface area contributed by atoms with Gasteiger partial charge in [-0.15, -0.1) is 24.0 Å². The second-order valence-electron chi connectivity index (χ2n) is 6.06. The molecule has 2 aliphatic rings. The minimum absolute atomic E-state index is 0. The van der Waals surface area contributed by atoms with E-state index in [-0.39, 0.29) is 29.8 Å². The Hall–Kier alpha value is -0.850. The molecule has 1 N–H and O–H groups in total. The van der Waals surface area contributed by atoms with E-state index in [4.69, 9.17) is 0 Å². The fourth-order valence-electron chi connectivity index (χ4n) is 3.36. The lowest BCUT2D eigenvalue weighted by molar-refractivity contribution is 0.151. The summed E-state index contributed by atoms with van der Waals surface area (Å²) in [7, 11) is 1.82. The van der Waals surface area contributed by atoms with Crippen LogP contribution < -0.4 is 5.32 Å². The van der Waals surface area contributed by atoms with Crippen LogP contribution in [0.1, 0.15) is 31.2 Å². The van der Waals surface area contributed by atoms with E-state index < -0.39 is 0 Å². The number of nitrogens with zero attached hydrogens (tertiary/aromatic N) is 2. The molecule has 5 heteroatoms. The molecule has 1 aromatic carbocycles. The molecule has 1 aromatic rings. The Morgan fingerprint density at radius 2 is 2.19 bits per heavy atom. The van der Waals surface area contributed by atoms with Crippen LogP contribution in [0.4, 0.5) is 4.39 Å². The Kier molecular flexibility index (Phi) is 5.46. The van der Waals surface area contributed by atoms with Crippen molar-refractivity contribution < 1.29 is 4.39 Å². The fourth-order valence-corrected chi connectivity index (χ4v) is 3.36. The van der Waals surface area contributed by atoms with Crippen LogP contribution in [-0.2, 0) is 6.54 Å². The third-order valence-electron chi connectivity index (χ3n) is 4.70. The molecule has 0 amide bonds. The first-order valence-corrected chi connectivity index (χ1v) is 7.41. The lowest BCUT2D eigenvalue weighted by Crippen LogP contribution is -2.42. The number of likely N-dealkylation sites (tertiary alicyclic amines) is 1. The summed E-state index contributed by atoms with van der Waals surface area (Å²) in [5.41, 5.74) is 1.51. The average Bonchev–Trinajstić information content (AvgIpc) is 2.85. The lowest BCUT2D eigenvalue weighted by atomic mass is 9.68. The van der Waals surface area contributed by atoms with Crippen molar-refractivity contribution in [3.05, 3.63) is 35.6 Å². The van der Waals surface area contributed by atoms with E-state index in [9.17, 15) is 4.39 Å². The van der Waals surface area contributed by atoms with Gasteiger partial charge in [0.2, 0.25) is 0 Å². The van der Waals surface area contributed by atoms with Gasteiger partial charge >= 0.3 is 0 Å². The SMILES string of the molecule is CN=C(NCc1cccc(F)c1)N1CCC2(CCC2)C1.I. The summed E-state index contributed by atoms with van der Waals surface area (Å²) in [4.78, 5) is 6.71. The maximum Gasteiger partial charge on any atom is 0.193 e. The highest BCUT2D eigenvalue weighted by atomic mass is 127. The van der Waals surface area contributed by atoms with Gasteiger partial charge in [-0.2, -0.15) is 0 Å². The molecule has 0 bridgehead atoms. The van der Waals surface area contributed by atoms with E-state index in [0.717, 1.165) is 24.6 Å². The fraction of sp³-hybridized carbons (Fsp3) is 0.562. The molecule has 2 fully saturated rings. The topological polar surface area (TPSA) is 27.6 Å². The number of halogens is 2. The third kappa shape index (κ3) is 3.67. The first kappa shape index (κ1) is 16.5. The molecule has 1 aliphatic heterocycles. The Bertz CT molecular complexity index is 514. The zero-order chi connectivity index (χ0) is 14.0. The molecule has 1 saturated heterocycles. The van der Waals surface area contributed by atoms with Gasteiger partial charge in [-0.05, 0) is 42.4 Å². The standard InChI is InChI=1S/C16H22FN3.HI/c1-18-15(19-11-13-4-2-5-14(17)10-13)20-9-8-16(12-20)6-3-7-16;/h2,4-5,10H,3,6-9,11-12H2,1H3,(H,18,19);1H. The van der Waals surface area contributed by atoms with Gasteiger partial charge in [0.1, 0.15) is 5.82 Å². The van der Waals surface area contributed by atoms with Gasteiger partial charge in [0, 0.05) is 26.7 Å². The maximum absolute atomic E-state index is 13.2. The van der Waals surface area contributed by atoms with Gasteiger partial charge < -0.3 is 10.2 Å². The van der Waals surface area contributed by atoms with E-state index in [1.165, 1.54) is 31.7 Å². The molecule has 21 heavy (non-hydrogen) atoms. The van der Waals surface area contributed by atoms with Crippen LogP contribution in [0.2, 0.25) is 0 Å². The summed E-state index contributed by atoms with van der Waals surface area (Å²) in [6, 6.07) is 6.71. The molecule has 3 nitrogen and oxygen atoms in total. The highest BCUT2D eigenvalue weighted by molar-refractivity contribution is 14.0. The molecule has 0 radical (unpaired) electrons. The van der Waals surface area contributed by atoms with Crippen molar-refractivity contribution in [3.63, 3.8) is 0 Å². The number of hydrogen-bond donors (Lipinski definition) is 1. The molecular formula is C16H23FIN3. The predicted molar refractivity (Wildman–Crippen MR) is 94.5 cm³/mol. The summed E-state index contributed by atoms with van der Waals surface area (Å²) in [5, 5.41) is 3.35. The Balaban J connectivity index is 0.00000161. The highest BCUT2D eigenvalue weighted by Crippen LogP contribution is 2.47. The van der Waals surface area contributed by atoms with Crippen molar-refractivity contribution >= 4 is 29.9 Å². The van der Waals surface area contributed by atoms with Crippen molar-refractivity contribution in [2.45, 2.75) is 32.2 Å². The molecular weight excluding hydrogens is 380 g/mol. The first-order chi connectivity index (χ1) is 9.71. The van der Waals surface area contributed by atoms with E-state index >= 15 is 0 Å². The Morgan fingerprint density at radius 1 is 1.38 bits per heavy atom. The van der Waals surface area contributed by atoms with Gasteiger partial charge in [-0.1, -0.05) is 18.6 Å². The molecule has 0 unspecified atom stereocenters. The quantitative estimate of drug-likeness (QED) is 0.466. The average molecular weight is 403 g/mol. The summed E-state index contributed by atoms with van der Waals surface area (Å²) in [5.74, 6) is 0.756. The Labute approximate surface area is 143 Å². The lowest BCUT2D eigenvalue weighted by Gasteiger charge is -2.38. The number of nitrogens with one attached hydrogen (secondary N) is 1. The van der Waals surface area contributed by atoms with Crippen LogP contribution in [0.15, 0.2) is 29.3 Å². The Morgan fingerprint density at radius 3 is 2.76 bits per heavy atom. The maximum atomic E-state index is 13.2. The van der Waals surface area contributed by atoms with Gasteiger partial charge in [0.05, 0.1) is 0 Å². The first-order valence-electron chi connectivity index (χ1n) is 7.41. The van der Waals surface area contributed by atoms with Crippen molar-refractivity contribution in [2.75, 3.05) is 20.1 Å². The van der Waals surface area contributed by atoms with Crippen LogP contribution in [0, 0.1) is 11.2 Å². The molecule has 0 aromatic heterocycles. The van der Waals surface area contributed by atoms with Gasteiger partial charge in [-0.25, -0.2) is 4.39 Å². The minimum atomic E-state index is -0.186. The second-order valence-corrected chi connectivity index (χ2v) is 6.06. The summed E-state index contributed by atoms with van der Waals surface area (Å²) in [6.45, 7) is 2.83. The van der Waals surface area contributed by atoms with Crippen molar-refractivity contribution in [1.82, 2.24) is 10.2 Å². The van der Waals surface area contributed by atoms with Crippen LogP contribution in [-0.4, -0.2) is 31.0 Å². The summed E-state index contributed by atoms with van der Waals surface area (Å²) in [6.07, 6.45) is 5.39. The van der Waals surface area contributed by atoms with E-state index in [1.807, 2.05) is 13.1 Å². The van der Waals surface area contributed by atoms with Crippen LogP contribution >= 0.6 is 24.0 Å². The van der Waals surface area contributed by atoms with E-state index in [2.05, 4.69) is 15.2 Å². The van der Waals surface area contributed by atoms with Gasteiger partial charge in [0.25, 0.3) is 0 Å². The van der Waals surface area contributed by atoms with Crippen LogP contribution in [0.3, 0.4) is 0 Å². The molecule has 1 saturated carbocycles. The van der Waals surface area contributed by atoms with Crippen molar-refractivity contribution in [3.8, 4) is 0 Å². The molecule has 116 valence electrons. The van der Waals surface area contributed by atoms with Crippen LogP contribution in [0.25, 0.3) is 0 Å². The second kappa shape index (κ2) is 6.94. The molecule has 0 atom stereocenters. The minimum Gasteiger partial charge on any atom is -0.352 e. The number of hydrogen-bond acceptors (Lipinski definition) is 1. The van der Waals surface area contributed by atoms with Crippen molar-refractivity contribution in [1.29, 1.82) is 0 Å². The summed E-state index contributed by atoms with van der Waals surface area (Å²) >= 11 is 0. The molecule has 1 heterocycles. The van der Waals surface area contributed by atoms with E-state index in [0.29, 0.717) is 12.0 Å². The smallest absolute Gasteiger partial charge is 0.193 e. The number of aliphatic imine (C=N–C) groups is 1. The zero-order valence-electron chi connectivity index (χ0n) is 12.4. The molecule has 3 rings (SSSR count). The van der Waals surface area contributed by atoms with Gasteiger partial charge in [-0.3, -0.25) is 4.99 Å². The third-order valence-corrected chi connectivity index (χ3v) is 4.70. The van der Waals surface area contributed by atoms with Gasteiger partial charge in [0.15, 0.2) is 5.96 Å². The largest absolute Gasteiger partial charge is 0.352 e. The summed E-state index contributed by atoms with van der Waals surface area (Å²) < 4.78 is 13.2. The van der Waals surface area contributed by atoms with Crippen LogP contribution in [0.5, 0.6) is 0 Å². The monoisotopic (exact) mass is 403 g/mol. The predicted octanol–water partition coefficient (Wildman–Crippen LogP) is 3.40. The molecule has 1 spiro atoms. The zero-order valence-corrected chi connectivity index (χ0v) is 14.8.